The zero-order chi connectivity index (χ0) is 23.4. The van der Waals surface area contributed by atoms with Crippen molar-refractivity contribution in [1.29, 1.82) is 0 Å². The van der Waals surface area contributed by atoms with Crippen molar-refractivity contribution in [2.75, 3.05) is 7.05 Å². The number of H-pyrrole nitrogens is 1. The van der Waals surface area contributed by atoms with Crippen LogP contribution in [-0.2, 0) is 20.9 Å². The number of fused-ring (bicyclic) bond motifs is 1. The first kappa shape index (κ1) is 23.4. The number of aromatic nitrogens is 2. The van der Waals surface area contributed by atoms with Gasteiger partial charge in [-0.15, -0.1) is 0 Å². The molecule has 0 fully saturated rings. The van der Waals surface area contributed by atoms with Gasteiger partial charge in [0.15, 0.2) is 0 Å². The zero-order valence-electron chi connectivity index (χ0n) is 17.6. The van der Waals surface area contributed by atoms with Crippen molar-refractivity contribution in [3.8, 4) is 0 Å². The normalized spacial score (nSPS) is 16.5. The van der Waals surface area contributed by atoms with E-state index in [2.05, 4.69) is 15.3 Å². The van der Waals surface area contributed by atoms with Gasteiger partial charge in [-0.2, -0.15) is 0 Å². The summed E-state index contributed by atoms with van der Waals surface area (Å²) in [7, 11) is 1.16. The molecule has 10 nitrogen and oxygen atoms in total. The van der Waals surface area contributed by atoms with Crippen LogP contribution < -0.4 is 10.9 Å². The molecule has 32 heavy (non-hydrogen) atoms. The van der Waals surface area contributed by atoms with Gasteiger partial charge in [0.2, 0.25) is 0 Å². The van der Waals surface area contributed by atoms with E-state index < -0.39 is 34.6 Å². The highest BCUT2D eigenvalue weighted by Crippen LogP contribution is 2.34. The first-order valence-corrected chi connectivity index (χ1v) is 11.1. The number of carbonyl (C=O) groups is 3. The van der Waals surface area contributed by atoms with Gasteiger partial charge < -0.3 is 20.5 Å². The monoisotopic (exact) mass is 460 g/mol. The Morgan fingerprint density at radius 3 is 2.75 bits per heavy atom. The van der Waals surface area contributed by atoms with Crippen molar-refractivity contribution >= 4 is 44.8 Å². The highest BCUT2D eigenvalue weighted by Gasteiger charge is 2.26. The molecule has 3 rings (SSSR count). The molecule has 0 aliphatic carbocycles. The number of carbonyl (C=O) groups excluding carboxylic acids is 1. The van der Waals surface area contributed by atoms with Crippen LogP contribution in [0.25, 0.3) is 10.9 Å². The fourth-order valence-electron chi connectivity index (χ4n) is 3.39. The Balaban J connectivity index is 1.72. The molecule has 0 bridgehead atoms. The number of amides is 1. The minimum absolute atomic E-state index is 0.198. The largest absolute Gasteiger partial charge is 0.481 e. The number of aryl methyl sites for hydroxylation is 1. The maximum absolute atomic E-state index is 12.7. The summed E-state index contributed by atoms with van der Waals surface area (Å²) in [6, 6.07) is 4.15. The third-order valence-electron chi connectivity index (χ3n) is 4.89. The highest BCUT2D eigenvalue weighted by atomic mass is 32.2. The van der Waals surface area contributed by atoms with Gasteiger partial charge in [-0.05, 0) is 49.9 Å². The van der Waals surface area contributed by atoms with E-state index in [-0.39, 0.29) is 18.4 Å². The van der Waals surface area contributed by atoms with Crippen molar-refractivity contribution < 1.29 is 24.6 Å². The van der Waals surface area contributed by atoms with Gasteiger partial charge in [0, 0.05) is 13.0 Å². The molecule has 2 atom stereocenters. The predicted molar refractivity (Wildman–Crippen MR) is 121 cm³/mol. The van der Waals surface area contributed by atoms with Crippen molar-refractivity contribution in [2.45, 2.75) is 38.8 Å². The number of nitrogens with zero attached hydrogens (tertiary/aromatic N) is 2. The van der Waals surface area contributed by atoms with Gasteiger partial charge in [0.25, 0.3) is 11.5 Å². The molecule has 1 amide bonds. The molecule has 2 aromatic rings. The summed E-state index contributed by atoms with van der Waals surface area (Å²) in [6.07, 6.45) is 1.74. The quantitative estimate of drug-likeness (QED) is 0.409. The van der Waals surface area contributed by atoms with Gasteiger partial charge >= 0.3 is 11.9 Å². The van der Waals surface area contributed by atoms with Crippen molar-refractivity contribution in [2.24, 2.45) is 0 Å². The summed E-state index contributed by atoms with van der Waals surface area (Å²) < 4.78 is 1.95. The molecule has 1 aromatic carbocycles. The highest BCUT2D eigenvalue weighted by molar-refractivity contribution is 8.17. The molecule has 0 saturated heterocycles. The maximum atomic E-state index is 12.7. The smallest absolute Gasteiger partial charge is 0.326 e. The van der Waals surface area contributed by atoms with Crippen LogP contribution in [0.15, 0.2) is 34.0 Å². The molecule has 2 heterocycles. The summed E-state index contributed by atoms with van der Waals surface area (Å²) in [6.45, 7) is 2.17. The van der Waals surface area contributed by atoms with E-state index in [9.17, 15) is 24.3 Å². The molecule has 0 spiro atoms. The van der Waals surface area contributed by atoms with Crippen LogP contribution in [0, 0.1) is 6.92 Å². The Morgan fingerprint density at radius 2 is 2.06 bits per heavy atom. The number of hydrogen-bond donors (Lipinski definition) is 4. The number of hydrogen-bond acceptors (Lipinski definition) is 6. The maximum Gasteiger partial charge on any atom is 0.326 e. The Morgan fingerprint density at radius 1 is 1.31 bits per heavy atom. The Kier molecular flexibility index (Phi) is 7.21. The third kappa shape index (κ3) is 5.48. The average molecular weight is 461 g/mol. The number of allylic oxidation sites excluding steroid dienone is 1. The van der Waals surface area contributed by atoms with Crippen LogP contribution in [0.1, 0.15) is 30.7 Å². The summed E-state index contributed by atoms with van der Waals surface area (Å²) in [5, 5.41) is 23.0. The molecule has 1 aromatic heterocycles. The van der Waals surface area contributed by atoms with Gasteiger partial charge in [-0.25, -0.2) is 9.78 Å². The van der Waals surface area contributed by atoms with E-state index >= 15 is 0 Å². The lowest BCUT2D eigenvalue weighted by Gasteiger charge is -2.23. The van der Waals surface area contributed by atoms with Gasteiger partial charge in [0.05, 0.1) is 15.8 Å². The first-order valence-electron chi connectivity index (χ1n) is 9.88. The Labute approximate surface area is 186 Å². The summed E-state index contributed by atoms with van der Waals surface area (Å²) in [4.78, 5) is 54.6. The molecule has 1 unspecified atom stereocenters. The number of benzene rings is 1. The number of carboxylic acid groups (broad SMARTS) is 2. The Hall–Kier alpha value is -3.31. The topological polar surface area (TPSA) is 153 Å². The number of rotatable bonds is 9. The minimum Gasteiger partial charge on any atom is -0.481 e. The van der Waals surface area contributed by atoms with Crippen LogP contribution in [0.3, 0.4) is 0 Å². The second-order valence-corrected chi connectivity index (χ2v) is 9.40. The van der Waals surface area contributed by atoms with E-state index in [4.69, 9.17) is 5.11 Å². The van der Waals surface area contributed by atoms with Crippen LogP contribution in [-0.4, -0.2) is 60.8 Å². The second kappa shape index (κ2) is 9.88. The summed E-state index contributed by atoms with van der Waals surface area (Å²) >= 11 is 0. The molecule has 0 radical (unpaired) electrons. The number of aliphatic carboxylic acids is 2. The lowest BCUT2D eigenvalue weighted by atomic mass is 10.1. The molecule has 1 aliphatic rings. The number of nitrogens with one attached hydrogen (secondary N) is 2. The average Bonchev–Trinajstić information content (AvgIpc) is 3.21. The van der Waals surface area contributed by atoms with E-state index in [1.54, 1.807) is 25.1 Å². The summed E-state index contributed by atoms with van der Waals surface area (Å²) in [5.41, 5.74) is 1.26. The Bertz CT molecular complexity index is 1200. The fourth-order valence-corrected chi connectivity index (χ4v) is 5.24. The molecule has 4 N–H and O–H groups in total. The van der Waals surface area contributed by atoms with E-state index in [1.807, 2.05) is 22.8 Å². The van der Waals surface area contributed by atoms with Crippen LogP contribution in [0.4, 0.5) is 0 Å². The van der Waals surface area contributed by atoms with E-state index in [0.29, 0.717) is 34.6 Å². The lowest BCUT2D eigenvalue weighted by Crippen LogP contribution is -2.41. The van der Waals surface area contributed by atoms with E-state index in [0.717, 1.165) is 5.56 Å². The molecule has 170 valence electrons. The van der Waals surface area contributed by atoms with Crippen molar-refractivity contribution in [3.63, 3.8) is 0 Å². The molecule has 1 aliphatic heterocycles. The lowest BCUT2D eigenvalue weighted by molar-refractivity contribution is -0.142. The van der Waals surface area contributed by atoms with Crippen LogP contribution >= 0.6 is 10.7 Å². The second-order valence-electron chi connectivity index (χ2n) is 7.37. The fraction of sp³-hybridized carbons (Fsp3) is 0.333. The third-order valence-corrected chi connectivity index (χ3v) is 7.00. The van der Waals surface area contributed by atoms with Crippen molar-refractivity contribution in [1.82, 2.24) is 19.6 Å². The van der Waals surface area contributed by atoms with E-state index in [1.165, 1.54) is 0 Å². The zero-order valence-corrected chi connectivity index (χ0v) is 18.4. The first-order chi connectivity index (χ1) is 15.2. The standard InChI is InChI=1S/C21H24N4O6S/c1-12-22-15-6-5-13(10-14(15)19(28)23-12)11-25(2)32-9-3-4-17(32)20(29)24-16(21(30)31)7-8-18(26)27/h4-6,9-10,16H,3,7-8,11H2,1-2H3,(H,24,29)(H,26,27)(H,30,31)(H,22,23,28)/t16-,32?/m0/s1. The molecule has 11 heteroatoms. The van der Waals surface area contributed by atoms with Crippen LogP contribution in [0.2, 0.25) is 0 Å². The molecular weight excluding hydrogens is 436 g/mol. The minimum atomic E-state index is -1.28. The van der Waals surface area contributed by atoms with Gasteiger partial charge in [-0.1, -0.05) is 22.8 Å². The van der Waals surface area contributed by atoms with Gasteiger partial charge in [-0.3, -0.25) is 18.7 Å². The molecule has 0 saturated carbocycles. The molecular formula is C21H24N4O6S. The number of aromatic amines is 1. The van der Waals surface area contributed by atoms with Crippen molar-refractivity contribution in [3.05, 3.63) is 50.9 Å². The van der Waals surface area contributed by atoms with Crippen LogP contribution in [0.5, 0.6) is 0 Å². The predicted octanol–water partition coefficient (Wildman–Crippen LogP) is 1.37. The SMILES string of the molecule is Cc1nc2ccc(CN(C)S3=CCC=C3C(=O)N[C@@H](CCC(=O)O)C(=O)O)cc2c(=O)[nH]1. The number of carboxylic acids is 2. The van der Waals surface area contributed by atoms with Gasteiger partial charge in [0.1, 0.15) is 11.9 Å². The summed E-state index contributed by atoms with van der Waals surface area (Å²) in [5.74, 6) is -2.39.